The second-order valence-electron chi connectivity index (χ2n) is 8.47. The molecule has 2 amide bonds. The second kappa shape index (κ2) is 9.83. The maximum absolute atomic E-state index is 13.4. The lowest BCUT2D eigenvalue weighted by Crippen LogP contribution is -2.50. The van der Waals surface area contributed by atoms with E-state index in [0.717, 1.165) is 36.8 Å². The molecule has 1 saturated heterocycles. The van der Waals surface area contributed by atoms with Gasteiger partial charge >= 0.3 is 0 Å². The lowest BCUT2D eigenvalue weighted by molar-refractivity contribution is -0.133. The number of likely N-dealkylation sites (tertiary alicyclic amines) is 1. The van der Waals surface area contributed by atoms with Crippen molar-refractivity contribution in [1.82, 2.24) is 9.62 Å². The highest BCUT2D eigenvalue weighted by molar-refractivity contribution is 7.89. The van der Waals surface area contributed by atoms with E-state index in [4.69, 9.17) is 0 Å². The number of nitrogens with zero attached hydrogens (tertiary/aromatic N) is 1. The van der Waals surface area contributed by atoms with Crippen molar-refractivity contribution in [3.8, 4) is 0 Å². The van der Waals surface area contributed by atoms with E-state index >= 15 is 0 Å². The molecule has 7 nitrogen and oxygen atoms in total. The Hall–Kier alpha value is -2.71. The average molecular weight is 456 g/mol. The number of anilines is 1. The molecule has 2 aliphatic heterocycles. The number of sulfonamides is 1. The highest BCUT2D eigenvalue weighted by Crippen LogP contribution is 2.26. The van der Waals surface area contributed by atoms with Crippen LogP contribution in [-0.4, -0.2) is 44.3 Å². The quantitative estimate of drug-likeness (QED) is 0.700. The standard InChI is InChI=1S/C24H29N3O4S/c28-23-13-10-19-17-20(11-12-21(19)25-23)32(30,31)26-22(16-18-8-4-3-5-9-18)24(29)27-14-6-1-2-7-15-27/h3-5,8-9,11-12,17,22,26H,1-2,6-7,10,13-16H2,(H,25,28). The first kappa shape index (κ1) is 22.5. The fourth-order valence-corrected chi connectivity index (χ4v) is 5.56. The molecule has 2 heterocycles. The highest BCUT2D eigenvalue weighted by Gasteiger charge is 2.30. The van der Waals surface area contributed by atoms with Crippen molar-refractivity contribution < 1.29 is 18.0 Å². The van der Waals surface area contributed by atoms with Gasteiger partial charge in [0.25, 0.3) is 0 Å². The third kappa shape index (κ3) is 5.37. The molecule has 170 valence electrons. The molecule has 32 heavy (non-hydrogen) atoms. The number of amides is 2. The summed E-state index contributed by atoms with van der Waals surface area (Å²) < 4.78 is 29.2. The zero-order valence-electron chi connectivity index (χ0n) is 18.0. The van der Waals surface area contributed by atoms with Crippen LogP contribution < -0.4 is 10.0 Å². The van der Waals surface area contributed by atoms with Crippen LogP contribution in [-0.2, 0) is 32.5 Å². The van der Waals surface area contributed by atoms with Crippen LogP contribution in [0.5, 0.6) is 0 Å². The molecule has 1 unspecified atom stereocenters. The van der Waals surface area contributed by atoms with Crippen molar-refractivity contribution in [2.24, 2.45) is 0 Å². The van der Waals surface area contributed by atoms with Gasteiger partial charge in [0.05, 0.1) is 4.90 Å². The number of rotatable bonds is 6. The van der Waals surface area contributed by atoms with Gasteiger partial charge < -0.3 is 10.2 Å². The topological polar surface area (TPSA) is 95.6 Å². The summed E-state index contributed by atoms with van der Waals surface area (Å²) in [7, 11) is -3.93. The lowest BCUT2D eigenvalue weighted by Gasteiger charge is -2.27. The Balaban J connectivity index is 1.59. The molecule has 0 bridgehead atoms. The number of carbonyl (C=O) groups is 2. The van der Waals surface area contributed by atoms with Gasteiger partial charge in [-0.3, -0.25) is 9.59 Å². The maximum Gasteiger partial charge on any atom is 0.241 e. The Morgan fingerprint density at radius 2 is 1.72 bits per heavy atom. The minimum atomic E-state index is -3.93. The van der Waals surface area contributed by atoms with Gasteiger partial charge in [-0.2, -0.15) is 4.72 Å². The summed E-state index contributed by atoms with van der Waals surface area (Å²) in [5.41, 5.74) is 2.32. The Kier molecular flexibility index (Phi) is 6.91. The van der Waals surface area contributed by atoms with E-state index in [1.807, 2.05) is 30.3 Å². The van der Waals surface area contributed by atoms with Gasteiger partial charge in [0.2, 0.25) is 21.8 Å². The fourth-order valence-electron chi connectivity index (χ4n) is 4.32. The third-order valence-corrected chi connectivity index (χ3v) is 7.55. The van der Waals surface area contributed by atoms with Crippen LogP contribution in [0, 0.1) is 0 Å². The molecule has 0 spiro atoms. The van der Waals surface area contributed by atoms with Gasteiger partial charge in [-0.05, 0) is 55.0 Å². The number of hydrogen-bond acceptors (Lipinski definition) is 4. The van der Waals surface area contributed by atoms with Crippen LogP contribution in [0.2, 0.25) is 0 Å². The summed E-state index contributed by atoms with van der Waals surface area (Å²) in [6.45, 7) is 1.31. The van der Waals surface area contributed by atoms with E-state index in [1.165, 1.54) is 6.07 Å². The first-order chi connectivity index (χ1) is 15.4. The minimum absolute atomic E-state index is 0.0720. The molecule has 1 fully saturated rings. The molecule has 4 rings (SSSR count). The highest BCUT2D eigenvalue weighted by atomic mass is 32.2. The number of hydrogen-bond donors (Lipinski definition) is 2. The zero-order chi connectivity index (χ0) is 22.6. The fraction of sp³-hybridized carbons (Fsp3) is 0.417. The Bertz CT molecular complexity index is 1080. The summed E-state index contributed by atoms with van der Waals surface area (Å²) in [5.74, 6) is -0.248. The van der Waals surface area contributed by atoms with Crippen LogP contribution in [0.3, 0.4) is 0 Å². The van der Waals surface area contributed by atoms with E-state index in [-0.39, 0.29) is 23.1 Å². The second-order valence-corrected chi connectivity index (χ2v) is 10.2. The molecule has 2 aromatic carbocycles. The molecule has 0 saturated carbocycles. The minimum Gasteiger partial charge on any atom is -0.341 e. The Morgan fingerprint density at radius 1 is 1.00 bits per heavy atom. The Labute approximate surface area is 189 Å². The number of fused-ring (bicyclic) bond motifs is 1. The zero-order valence-corrected chi connectivity index (χ0v) is 18.9. The third-order valence-electron chi connectivity index (χ3n) is 6.08. The molecular formula is C24H29N3O4S. The van der Waals surface area contributed by atoms with Gasteiger partial charge in [-0.15, -0.1) is 0 Å². The normalized spacial score (nSPS) is 17.8. The molecule has 2 aromatic rings. The summed E-state index contributed by atoms with van der Waals surface area (Å²) in [6.07, 6.45) is 5.16. The van der Waals surface area contributed by atoms with Crippen molar-refractivity contribution in [3.05, 3.63) is 59.7 Å². The van der Waals surface area contributed by atoms with Gasteiger partial charge in [0.1, 0.15) is 6.04 Å². The smallest absolute Gasteiger partial charge is 0.241 e. The van der Waals surface area contributed by atoms with E-state index in [9.17, 15) is 18.0 Å². The van der Waals surface area contributed by atoms with Crippen LogP contribution in [0.15, 0.2) is 53.4 Å². The summed E-state index contributed by atoms with van der Waals surface area (Å²) in [5, 5.41) is 2.76. The van der Waals surface area contributed by atoms with Gasteiger partial charge in [0, 0.05) is 25.2 Å². The van der Waals surface area contributed by atoms with E-state index in [1.54, 1.807) is 17.0 Å². The van der Waals surface area contributed by atoms with Crippen molar-refractivity contribution >= 4 is 27.5 Å². The number of carbonyl (C=O) groups excluding carboxylic acids is 2. The molecule has 2 N–H and O–H groups in total. The van der Waals surface area contributed by atoms with E-state index < -0.39 is 16.1 Å². The van der Waals surface area contributed by atoms with E-state index in [2.05, 4.69) is 10.0 Å². The first-order valence-electron chi connectivity index (χ1n) is 11.2. The van der Waals surface area contributed by atoms with E-state index in [0.29, 0.717) is 31.6 Å². The SMILES string of the molecule is O=C1CCc2cc(S(=O)(=O)NC(Cc3ccccc3)C(=O)N3CCCCCC3)ccc2N1. The van der Waals surface area contributed by atoms with Crippen LogP contribution >= 0.6 is 0 Å². The summed E-state index contributed by atoms with van der Waals surface area (Å²) >= 11 is 0. The van der Waals surface area contributed by atoms with Gasteiger partial charge in [-0.1, -0.05) is 43.2 Å². The molecule has 0 radical (unpaired) electrons. The molecule has 0 aromatic heterocycles. The first-order valence-corrected chi connectivity index (χ1v) is 12.7. The summed E-state index contributed by atoms with van der Waals surface area (Å²) in [6, 6.07) is 13.3. The van der Waals surface area contributed by atoms with Gasteiger partial charge in [0.15, 0.2) is 0 Å². The number of aryl methyl sites for hydroxylation is 1. The summed E-state index contributed by atoms with van der Waals surface area (Å²) in [4.78, 5) is 26.9. The number of benzene rings is 2. The predicted octanol–water partition coefficient (Wildman–Crippen LogP) is 2.86. The monoisotopic (exact) mass is 455 g/mol. The van der Waals surface area contributed by atoms with Gasteiger partial charge in [-0.25, -0.2) is 8.42 Å². The maximum atomic E-state index is 13.4. The molecule has 1 atom stereocenters. The van der Waals surface area contributed by atoms with Crippen LogP contribution in [0.25, 0.3) is 0 Å². The Morgan fingerprint density at radius 3 is 2.44 bits per heavy atom. The largest absolute Gasteiger partial charge is 0.341 e. The average Bonchev–Trinajstić information content (AvgIpc) is 3.08. The molecular weight excluding hydrogens is 426 g/mol. The van der Waals surface area contributed by atoms with Crippen molar-refractivity contribution in [3.63, 3.8) is 0 Å². The molecule has 0 aliphatic carbocycles. The van der Waals surface area contributed by atoms with Crippen molar-refractivity contribution in [1.29, 1.82) is 0 Å². The predicted molar refractivity (Wildman–Crippen MR) is 123 cm³/mol. The molecule has 8 heteroatoms. The van der Waals surface area contributed by atoms with Crippen LogP contribution in [0.1, 0.15) is 43.2 Å². The number of nitrogens with one attached hydrogen (secondary N) is 2. The van der Waals surface area contributed by atoms with Crippen LogP contribution in [0.4, 0.5) is 5.69 Å². The lowest BCUT2D eigenvalue weighted by atomic mass is 10.0. The van der Waals surface area contributed by atoms with Crippen molar-refractivity contribution in [2.45, 2.75) is 55.9 Å². The van der Waals surface area contributed by atoms with Crippen molar-refractivity contribution in [2.75, 3.05) is 18.4 Å². The molecule has 2 aliphatic rings.